The Kier molecular flexibility index (Phi) is 5.85. The highest BCUT2D eigenvalue weighted by atomic mass is 16.5. The molecule has 5 aromatic rings. The van der Waals surface area contributed by atoms with Crippen LogP contribution < -0.4 is 15.6 Å². The van der Waals surface area contributed by atoms with Crippen LogP contribution >= 0.6 is 0 Å². The molecule has 5 heterocycles. The molecule has 1 aliphatic rings. The van der Waals surface area contributed by atoms with Gasteiger partial charge in [0.05, 0.1) is 23.6 Å². The Hall–Kier alpha value is -3.82. The molecule has 9 heteroatoms. The van der Waals surface area contributed by atoms with Crippen molar-refractivity contribution in [1.82, 2.24) is 34.8 Å². The molecular formula is C26H26BN7O. The Balaban J connectivity index is 1.21. The normalized spacial score (nSPS) is 14.5. The molecule has 1 N–H and O–H groups in total. The molecule has 1 aromatic carbocycles. The van der Waals surface area contributed by atoms with E-state index in [4.69, 9.17) is 9.72 Å². The third-order valence-electron chi connectivity index (χ3n) is 6.44. The van der Waals surface area contributed by atoms with Gasteiger partial charge in [0.25, 0.3) is 0 Å². The summed E-state index contributed by atoms with van der Waals surface area (Å²) in [7, 11) is 2.00. The summed E-state index contributed by atoms with van der Waals surface area (Å²) in [5.41, 5.74) is 6.55. The van der Waals surface area contributed by atoms with E-state index < -0.39 is 0 Å². The lowest BCUT2D eigenvalue weighted by Crippen LogP contribution is -2.44. The fraction of sp³-hybridized carbons (Fsp3) is 0.231. The van der Waals surface area contributed by atoms with Crippen LogP contribution in [0.2, 0.25) is 0 Å². The van der Waals surface area contributed by atoms with Gasteiger partial charge in [-0.25, -0.2) is 9.50 Å². The van der Waals surface area contributed by atoms with Gasteiger partial charge in [-0.15, -0.1) is 0 Å². The van der Waals surface area contributed by atoms with Crippen LogP contribution in [-0.2, 0) is 0 Å². The number of nitrogens with zero attached hydrogens (tertiary/aromatic N) is 6. The van der Waals surface area contributed by atoms with Crippen LogP contribution in [0.3, 0.4) is 0 Å². The predicted molar refractivity (Wildman–Crippen MR) is 140 cm³/mol. The highest BCUT2D eigenvalue weighted by molar-refractivity contribution is 6.31. The average Bonchev–Trinajstić information content (AvgIpc) is 3.32. The summed E-state index contributed by atoms with van der Waals surface area (Å²) in [6.45, 7) is 5.83. The molecular weight excluding hydrogens is 437 g/mol. The summed E-state index contributed by atoms with van der Waals surface area (Å²) < 4.78 is 7.71. The van der Waals surface area contributed by atoms with Crippen molar-refractivity contribution in [3.05, 3.63) is 67.3 Å². The molecule has 174 valence electrons. The number of aromatic nitrogens is 5. The molecule has 8 nitrogen and oxygen atoms in total. The second kappa shape index (κ2) is 9.44. The quantitative estimate of drug-likeness (QED) is 0.383. The Morgan fingerprint density at radius 1 is 0.943 bits per heavy atom. The fourth-order valence-electron chi connectivity index (χ4n) is 4.55. The zero-order valence-corrected chi connectivity index (χ0v) is 19.7. The Morgan fingerprint density at radius 3 is 2.71 bits per heavy atom. The maximum atomic E-state index is 5.90. The zero-order chi connectivity index (χ0) is 23.6. The van der Waals surface area contributed by atoms with Crippen molar-refractivity contribution in [2.24, 2.45) is 0 Å². The number of hydrogen-bond acceptors (Lipinski definition) is 7. The third-order valence-corrected chi connectivity index (χ3v) is 6.44. The van der Waals surface area contributed by atoms with Gasteiger partial charge in [0, 0.05) is 61.6 Å². The number of hydrogen-bond donors (Lipinski definition) is 1. The predicted octanol–water partition coefficient (Wildman–Crippen LogP) is 1.55. The lowest BCUT2D eigenvalue weighted by molar-refractivity contribution is 0.191. The molecule has 0 bridgehead atoms. The first-order valence-electron chi connectivity index (χ1n) is 12.0. The van der Waals surface area contributed by atoms with E-state index in [1.165, 1.54) is 0 Å². The van der Waals surface area contributed by atoms with Crippen molar-refractivity contribution in [3.63, 3.8) is 0 Å². The molecule has 0 amide bonds. The first-order valence-corrected chi connectivity index (χ1v) is 12.0. The molecule has 35 heavy (non-hydrogen) atoms. The topological polar surface area (TPSA) is 80.5 Å². The van der Waals surface area contributed by atoms with Crippen LogP contribution in [0.1, 0.15) is 0 Å². The number of rotatable bonds is 6. The second-order valence-corrected chi connectivity index (χ2v) is 8.81. The van der Waals surface area contributed by atoms with Crippen molar-refractivity contribution in [3.8, 4) is 28.1 Å². The molecule has 0 spiro atoms. The summed E-state index contributed by atoms with van der Waals surface area (Å²) >= 11 is 0. The first-order chi connectivity index (χ1) is 17.2. The van der Waals surface area contributed by atoms with E-state index in [-0.39, 0.29) is 0 Å². The highest BCUT2D eigenvalue weighted by Gasteiger charge is 2.13. The molecule has 6 rings (SSSR count). The lowest BCUT2D eigenvalue weighted by atomic mass is 9.99. The summed E-state index contributed by atoms with van der Waals surface area (Å²) in [4.78, 5) is 16.4. The Labute approximate surface area is 204 Å². The summed E-state index contributed by atoms with van der Waals surface area (Å²) in [5, 5.41) is 9.04. The molecule has 0 atom stereocenters. The number of ether oxygens (including phenoxy) is 1. The molecule has 1 fully saturated rings. The van der Waals surface area contributed by atoms with E-state index in [1.54, 1.807) is 6.20 Å². The standard InChI is InChI=1S/C26H26BN7O/c27-25-7-5-21-20(2-1-3-24(21)32-25)22-16-31-34-17-18(14-30-26(22)34)23-6-4-19(15-29-23)35-13-12-33-10-8-28-9-11-33/h1-7,14-17,28H,8-13,27H2. The van der Waals surface area contributed by atoms with E-state index in [2.05, 4.69) is 37.4 Å². The van der Waals surface area contributed by atoms with E-state index >= 15 is 0 Å². The van der Waals surface area contributed by atoms with Crippen LogP contribution in [0.4, 0.5) is 0 Å². The highest BCUT2D eigenvalue weighted by Crippen LogP contribution is 2.30. The minimum Gasteiger partial charge on any atom is -0.491 e. The van der Waals surface area contributed by atoms with Gasteiger partial charge in [0.1, 0.15) is 12.4 Å². The Morgan fingerprint density at radius 2 is 1.86 bits per heavy atom. The van der Waals surface area contributed by atoms with E-state index in [0.717, 1.165) is 83.0 Å². The summed E-state index contributed by atoms with van der Waals surface area (Å²) in [5.74, 6) is 0.777. The van der Waals surface area contributed by atoms with Crippen LogP contribution in [0.15, 0.2) is 67.3 Å². The number of piperazine rings is 1. The SMILES string of the molecule is Bc1ccc2c(-c3cnn4cc(-c5ccc(OCCN6CCNCC6)cn5)cnc34)cccc2n1. The molecule has 1 aliphatic heterocycles. The number of fused-ring (bicyclic) bond motifs is 2. The van der Waals surface area contributed by atoms with Gasteiger partial charge >= 0.3 is 0 Å². The molecule has 0 saturated carbocycles. The van der Waals surface area contributed by atoms with Crippen molar-refractivity contribution in [2.45, 2.75) is 0 Å². The van der Waals surface area contributed by atoms with Gasteiger partial charge in [-0.3, -0.25) is 14.9 Å². The van der Waals surface area contributed by atoms with Gasteiger partial charge in [-0.2, -0.15) is 5.10 Å². The van der Waals surface area contributed by atoms with Crippen molar-refractivity contribution >= 4 is 30.0 Å². The van der Waals surface area contributed by atoms with Crippen LogP contribution in [0, 0.1) is 0 Å². The number of pyridine rings is 2. The van der Waals surface area contributed by atoms with E-state index in [1.807, 2.05) is 61.3 Å². The maximum absolute atomic E-state index is 5.90. The van der Waals surface area contributed by atoms with Crippen LogP contribution in [0.25, 0.3) is 38.9 Å². The maximum Gasteiger partial charge on any atom is 0.163 e. The third kappa shape index (κ3) is 4.48. The van der Waals surface area contributed by atoms with Crippen LogP contribution in [-0.4, -0.2) is 76.6 Å². The van der Waals surface area contributed by atoms with Gasteiger partial charge < -0.3 is 10.1 Å². The fourth-order valence-corrected chi connectivity index (χ4v) is 4.55. The minimum atomic E-state index is 0.661. The number of benzene rings is 1. The van der Waals surface area contributed by atoms with Crippen molar-refractivity contribution < 1.29 is 4.74 Å². The molecule has 4 aromatic heterocycles. The first kappa shape index (κ1) is 21.7. The molecule has 0 aliphatic carbocycles. The van der Waals surface area contributed by atoms with Crippen molar-refractivity contribution in [1.29, 1.82) is 0 Å². The average molecular weight is 463 g/mol. The van der Waals surface area contributed by atoms with Gasteiger partial charge in [0.15, 0.2) is 13.5 Å². The monoisotopic (exact) mass is 463 g/mol. The minimum absolute atomic E-state index is 0.661. The largest absolute Gasteiger partial charge is 0.491 e. The molecule has 0 unspecified atom stereocenters. The van der Waals surface area contributed by atoms with E-state index in [0.29, 0.717) is 6.61 Å². The Bertz CT molecular complexity index is 1480. The molecule has 1 saturated heterocycles. The summed E-state index contributed by atoms with van der Waals surface area (Å²) in [6, 6.07) is 14.2. The van der Waals surface area contributed by atoms with E-state index in [9.17, 15) is 0 Å². The van der Waals surface area contributed by atoms with Crippen molar-refractivity contribution in [2.75, 3.05) is 39.3 Å². The smallest absolute Gasteiger partial charge is 0.163 e. The second-order valence-electron chi connectivity index (χ2n) is 8.81. The lowest BCUT2D eigenvalue weighted by Gasteiger charge is -2.26. The van der Waals surface area contributed by atoms with Crippen LogP contribution in [0.5, 0.6) is 5.75 Å². The summed E-state index contributed by atoms with van der Waals surface area (Å²) in [6.07, 6.45) is 7.45. The van der Waals surface area contributed by atoms with Gasteiger partial charge in [0.2, 0.25) is 0 Å². The van der Waals surface area contributed by atoms with Gasteiger partial charge in [-0.05, 0) is 29.4 Å². The molecule has 0 radical (unpaired) electrons. The van der Waals surface area contributed by atoms with Gasteiger partial charge in [-0.1, -0.05) is 24.3 Å². The number of nitrogens with one attached hydrogen (secondary N) is 1. The zero-order valence-electron chi connectivity index (χ0n) is 19.7.